The molecule has 0 aliphatic heterocycles. The molecule has 0 unspecified atom stereocenters. The lowest BCUT2D eigenvalue weighted by molar-refractivity contribution is 0.289. The third-order valence-electron chi connectivity index (χ3n) is 4.02. The second-order valence-electron chi connectivity index (χ2n) is 5.39. The van der Waals surface area contributed by atoms with Gasteiger partial charge in [-0.05, 0) is 48.1 Å². The maximum absolute atomic E-state index is 5.92. The second kappa shape index (κ2) is 6.30. The number of rotatable bonds is 4. The molecule has 2 aromatic carbocycles. The Morgan fingerprint density at radius 1 is 1.05 bits per heavy atom. The zero-order chi connectivity index (χ0) is 13.9. The summed E-state index contributed by atoms with van der Waals surface area (Å²) in [5.74, 6) is 0.684. The maximum Gasteiger partial charge on any atom is 0.0406 e. The van der Waals surface area contributed by atoms with Crippen molar-refractivity contribution in [3.63, 3.8) is 0 Å². The Bertz CT molecular complexity index is 576. The van der Waals surface area contributed by atoms with Gasteiger partial charge in [0, 0.05) is 22.1 Å². The summed E-state index contributed by atoms with van der Waals surface area (Å²) in [6, 6.07) is 17.3. The molecule has 104 valence electrons. The summed E-state index contributed by atoms with van der Waals surface area (Å²) in [7, 11) is 0. The van der Waals surface area contributed by atoms with Crippen LogP contribution in [0, 0.1) is 0 Å². The van der Waals surface area contributed by atoms with Crippen LogP contribution in [0.1, 0.15) is 29.9 Å². The zero-order valence-electron chi connectivity index (χ0n) is 11.2. The normalized spacial score (nSPS) is 21.5. The highest BCUT2D eigenvalue weighted by molar-refractivity contribution is 9.10. The van der Waals surface area contributed by atoms with Gasteiger partial charge < -0.3 is 5.32 Å². The average molecular weight is 351 g/mol. The fraction of sp³-hybridized carbons (Fsp3) is 0.294. The van der Waals surface area contributed by atoms with E-state index in [2.05, 4.69) is 51.6 Å². The van der Waals surface area contributed by atoms with Crippen molar-refractivity contribution in [2.24, 2.45) is 0 Å². The van der Waals surface area contributed by atoms with Gasteiger partial charge in [0.25, 0.3) is 0 Å². The number of hydrogen-bond acceptors (Lipinski definition) is 1. The Hall–Kier alpha value is -0.830. The van der Waals surface area contributed by atoms with E-state index in [0.29, 0.717) is 12.0 Å². The number of hydrogen-bond donors (Lipinski definition) is 1. The first-order valence-electron chi connectivity index (χ1n) is 6.94. The highest BCUT2D eigenvalue weighted by Gasteiger charge is 2.29. The molecule has 2 aromatic rings. The largest absolute Gasteiger partial charge is 0.310 e. The molecule has 0 heterocycles. The molecular weight excluding hydrogens is 334 g/mol. The first-order valence-corrected chi connectivity index (χ1v) is 8.12. The standard InChI is InChI=1S/C17H17BrClN/c18-17-4-2-1-3-13(17)11-20-16-9-14(10-16)12-5-7-15(19)8-6-12/h1-8,14,16,20H,9-11H2. The van der Waals surface area contributed by atoms with Crippen molar-refractivity contribution in [2.75, 3.05) is 0 Å². The molecule has 20 heavy (non-hydrogen) atoms. The van der Waals surface area contributed by atoms with Gasteiger partial charge in [0.2, 0.25) is 0 Å². The molecule has 3 heteroatoms. The Labute approximate surface area is 133 Å². The molecule has 0 radical (unpaired) electrons. The molecule has 0 saturated heterocycles. The molecule has 1 aliphatic carbocycles. The van der Waals surface area contributed by atoms with Crippen LogP contribution in [0.25, 0.3) is 0 Å². The van der Waals surface area contributed by atoms with Crippen LogP contribution in [0.2, 0.25) is 5.02 Å². The van der Waals surface area contributed by atoms with Gasteiger partial charge in [-0.3, -0.25) is 0 Å². The lowest BCUT2D eigenvalue weighted by Gasteiger charge is -2.36. The van der Waals surface area contributed by atoms with Crippen molar-refractivity contribution in [2.45, 2.75) is 31.3 Å². The molecule has 0 aromatic heterocycles. The van der Waals surface area contributed by atoms with Crippen molar-refractivity contribution in [3.05, 3.63) is 69.2 Å². The van der Waals surface area contributed by atoms with Crippen molar-refractivity contribution in [3.8, 4) is 0 Å². The fourth-order valence-corrected chi connectivity index (χ4v) is 3.24. The Kier molecular flexibility index (Phi) is 4.45. The van der Waals surface area contributed by atoms with Gasteiger partial charge in [-0.1, -0.05) is 57.9 Å². The van der Waals surface area contributed by atoms with Crippen LogP contribution in [-0.2, 0) is 6.54 Å². The summed E-state index contributed by atoms with van der Waals surface area (Å²) in [4.78, 5) is 0. The van der Waals surface area contributed by atoms with Gasteiger partial charge in [0.15, 0.2) is 0 Å². The first kappa shape index (κ1) is 14.1. The van der Waals surface area contributed by atoms with Gasteiger partial charge in [-0.2, -0.15) is 0 Å². The summed E-state index contributed by atoms with van der Waals surface area (Å²) >= 11 is 9.51. The molecule has 0 atom stereocenters. The molecule has 1 saturated carbocycles. The van der Waals surface area contributed by atoms with E-state index in [9.17, 15) is 0 Å². The van der Waals surface area contributed by atoms with E-state index >= 15 is 0 Å². The minimum absolute atomic E-state index is 0.628. The van der Waals surface area contributed by atoms with E-state index in [4.69, 9.17) is 11.6 Å². The summed E-state index contributed by atoms with van der Waals surface area (Å²) in [6.45, 7) is 0.930. The van der Waals surface area contributed by atoms with Crippen LogP contribution < -0.4 is 5.32 Å². The Morgan fingerprint density at radius 2 is 1.75 bits per heavy atom. The molecule has 0 bridgehead atoms. The molecule has 0 amide bonds. The van der Waals surface area contributed by atoms with E-state index in [1.165, 1.54) is 28.4 Å². The minimum atomic E-state index is 0.628. The minimum Gasteiger partial charge on any atom is -0.310 e. The molecule has 3 rings (SSSR count). The van der Waals surface area contributed by atoms with Crippen LogP contribution in [0.3, 0.4) is 0 Å². The van der Waals surface area contributed by atoms with Gasteiger partial charge in [-0.25, -0.2) is 0 Å². The maximum atomic E-state index is 5.92. The lowest BCUT2D eigenvalue weighted by Crippen LogP contribution is -2.39. The van der Waals surface area contributed by atoms with Gasteiger partial charge in [0.1, 0.15) is 0 Å². The van der Waals surface area contributed by atoms with E-state index in [1.54, 1.807) is 0 Å². The van der Waals surface area contributed by atoms with Gasteiger partial charge in [-0.15, -0.1) is 0 Å². The highest BCUT2D eigenvalue weighted by atomic mass is 79.9. The van der Waals surface area contributed by atoms with E-state index in [-0.39, 0.29) is 0 Å². The summed E-state index contributed by atoms with van der Waals surface area (Å²) in [5, 5.41) is 4.45. The van der Waals surface area contributed by atoms with Crippen molar-refractivity contribution in [1.29, 1.82) is 0 Å². The van der Waals surface area contributed by atoms with E-state index in [1.807, 2.05) is 18.2 Å². The third kappa shape index (κ3) is 3.25. The highest BCUT2D eigenvalue weighted by Crippen LogP contribution is 2.37. The summed E-state index contributed by atoms with van der Waals surface area (Å²) in [6.07, 6.45) is 2.43. The van der Waals surface area contributed by atoms with Crippen LogP contribution in [0.5, 0.6) is 0 Å². The monoisotopic (exact) mass is 349 g/mol. The van der Waals surface area contributed by atoms with Crippen molar-refractivity contribution < 1.29 is 0 Å². The van der Waals surface area contributed by atoms with Crippen LogP contribution in [0.15, 0.2) is 53.0 Å². The summed E-state index contributed by atoms with van der Waals surface area (Å²) < 4.78 is 1.18. The number of nitrogens with one attached hydrogen (secondary N) is 1. The van der Waals surface area contributed by atoms with Crippen LogP contribution in [-0.4, -0.2) is 6.04 Å². The molecule has 1 nitrogen and oxygen atoms in total. The topological polar surface area (TPSA) is 12.0 Å². The third-order valence-corrected chi connectivity index (χ3v) is 5.04. The Morgan fingerprint density at radius 3 is 2.45 bits per heavy atom. The molecule has 1 fully saturated rings. The average Bonchev–Trinajstić information content (AvgIpc) is 2.41. The van der Waals surface area contributed by atoms with Gasteiger partial charge >= 0.3 is 0 Å². The fourth-order valence-electron chi connectivity index (χ4n) is 2.69. The van der Waals surface area contributed by atoms with Crippen LogP contribution in [0.4, 0.5) is 0 Å². The van der Waals surface area contributed by atoms with E-state index in [0.717, 1.165) is 11.6 Å². The van der Waals surface area contributed by atoms with Crippen LogP contribution >= 0.6 is 27.5 Å². The SMILES string of the molecule is Clc1ccc(C2CC(NCc3ccccc3Br)C2)cc1. The number of halogens is 2. The lowest BCUT2D eigenvalue weighted by atomic mass is 9.76. The second-order valence-corrected chi connectivity index (χ2v) is 6.68. The molecular formula is C17H17BrClN. The zero-order valence-corrected chi connectivity index (χ0v) is 13.5. The van der Waals surface area contributed by atoms with Crippen molar-refractivity contribution in [1.82, 2.24) is 5.32 Å². The Balaban J connectivity index is 1.49. The van der Waals surface area contributed by atoms with E-state index < -0.39 is 0 Å². The molecule has 1 N–H and O–H groups in total. The quantitative estimate of drug-likeness (QED) is 0.805. The van der Waals surface area contributed by atoms with Gasteiger partial charge in [0.05, 0.1) is 0 Å². The van der Waals surface area contributed by atoms with Crippen molar-refractivity contribution >= 4 is 27.5 Å². The smallest absolute Gasteiger partial charge is 0.0406 e. The number of benzene rings is 2. The molecule has 0 spiro atoms. The molecule has 1 aliphatic rings. The predicted octanol–water partition coefficient (Wildman–Crippen LogP) is 5.14. The predicted molar refractivity (Wildman–Crippen MR) is 88.2 cm³/mol. The first-order chi connectivity index (χ1) is 9.72. The summed E-state index contributed by atoms with van der Waals surface area (Å²) in [5.41, 5.74) is 2.73.